The molecule has 14 nitrogen and oxygen atoms in total. The maximum Gasteiger partial charge on any atom is 0.309 e. The van der Waals surface area contributed by atoms with Gasteiger partial charge >= 0.3 is 29.8 Å². The van der Waals surface area contributed by atoms with E-state index in [2.05, 4.69) is 9.89 Å². The summed E-state index contributed by atoms with van der Waals surface area (Å²) >= 11 is 0. The Morgan fingerprint density at radius 3 is 1.97 bits per heavy atom. The molecule has 1 aliphatic rings. The van der Waals surface area contributed by atoms with Crippen molar-refractivity contribution in [2.75, 3.05) is 20.8 Å². The molecule has 0 aromatic heterocycles. The van der Waals surface area contributed by atoms with Crippen LogP contribution in [-0.4, -0.2) is 93.7 Å². The lowest BCUT2D eigenvalue weighted by Crippen LogP contribution is -2.62. The van der Waals surface area contributed by atoms with Crippen molar-refractivity contribution in [3.63, 3.8) is 0 Å². The molecule has 0 unspecified atom stereocenters. The van der Waals surface area contributed by atoms with Gasteiger partial charge in [0.1, 0.15) is 18.8 Å². The molecule has 1 fully saturated rings. The zero-order valence-corrected chi connectivity index (χ0v) is 22.4. The Kier molecular flexibility index (Phi) is 14.0. The molecule has 1 aliphatic heterocycles. The molecular weight excluding hydrogens is 510 g/mol. The first kappa shape index (κ1) is 32.5. The molecule has 1 saturated heterocycles. The Labute approximate surface area is 220 Å². The van der Waals surface area contributed by atoms with E-state index >= 15 is 0 Å². The van der Waals surface area contributed by atoms with E-state index in [0.29, 0.717) is 0 Å². The number of esters is 5. The Morgan fingerprint density at radius 2 is 1.45 bits per heavy atom. The van der Waals surface area contributed by atoms with E-state index in [1.165, 1.54) is 27.4 Å². The van der Waals surface area contributed by atoms with Crippen LogP contribution >= 0.6 is 0 Å². The van der Waals surface area contributed by atoms with Crippen LogP contribution in [0.25, 0.3) is 0 Å². The summed E-state index contributed by atoms with van der Waals surface area (Å²) in [7, 11) is 2.73. The Morgan fingerprint density at radius 1 is 0.868 bits per heavy atom. The second kappa shape index (κ2) is 16.3. The van der Waals surface area contributed by atoms with Crippen LogP contribution in [0.3, 0.4) is 0 Å². The highest BCUT2D eigenvalue weighted by atomic mass is 16.8. The Balaban J connectivity index is 3.21. The van der Waals surface area contributed by atoms with Gasteiger partial charge in [-0.1, -0.05) is 24.2 Å². The highest BCUT2D eigenvalue weighted by Gasteiger charge is 2.53. The number of rotatable bonds is 13. The van der Waals surface area contributed by atoms with Gasteiger partial charge in [0.2, 0.25) is 6.10 Å². The van der Waals surface area contributed by atoms with E-state index in [-0.39, 0.29) is 12.3 Å². The fraction of sp³-hybridized carbons (Fsp3) is 0.667. The number of oxime groups is 1. The minimum atomic E-state index is -1.46. The first-order valence-corrected chi connectivity index (χ1v) is 11.7. The summed E-state index contributed by atoms with van der Waals surface area (Å²) in [6.45, 7) is 5.91. The Bertz CT molecular complexity index is 887. The zero-order chi connectivity index (χ0) is 28.8. The summed E-state index contributed by atoms with van der Waals surface area (Å²) in [6.07, 6.45) is -2.60. The van der Waals surface area contributed by atoms with Crippen LogP contribution in [0.1, 0.15) is 41.0 Å². The summed E-state index contributed by atoms with van der Waals surface area (Å²) in [5.41, 5.74) is 0. The van der Waals surface area contributed by atoms with Gasteiger partial charge < -0.3 is 38.0 Å². The number of carbonyl (C=O) groups is 5. The monoisotopic (exact) mass is 545 g/mol. The van der Waals surface area contributed by atoms with Gasteiger partial charge in [-0.2, -0.15) is 0 Å². The van der Waals surface area contributed by atoms with Crippen LogP contribution in [0.4, 0.5) is 0 Å². The molecule has 0 aromatic rings. The molecule has 0 aliphatic carbocycles. The maximum atomic E-state index is 11.9. The Hall–Kier alpha value is -3.52. The van der Waals surface area contributed by atoms with Gasteiger partial charge in [0.25, 0.3) is 6.29 Å². The van der Waals surface area contributed by atoms with Crippen LogP contribution in [0.2, 0.25) is 0 Å². The lowest BCUT2D eigenvalue weighted by atomic mass is 9.98. The predicted octanol–water partition coefficient (Wildman–Crippen LogP) is 0.842. The molecule has 1 rings (SSSR count). The molecule has 214 valence electrons. The minimum absolute atomic E-state index is 0.0790. The molecule has 0 saturated carbocycles. The fourth-order valence-electron chi connectivity index (χ4n) is 3.41. The molecule has 14 heteroatoms. The van der Waals surface area contributed by atoms with Gasteiger partial charge in [-0.3, -0.25) is 24.0 Å². The van der Waals surface area contributed by atoms with Crippen molar-refractivity contribution in [3.8, 4) is 0 Å². The zero-order valence-electron chi connectivity index (χ0n) is 22.4. The van der Waals surface area contributed by atoms with Crippen LogP contribution in [0.5, 0.6) is 0 Å². The van der Waals surface area contributed by atoms with Crippen molar-refractivity contribution in [2.24, 2.45) is 11.1 Å². The molecule has 0 spiro atoms. The van der Waals surface area contributed by atoms with Crippen LogP contribution < -0.4 is 0 Å². The highest BCUT2D eigenvalue weighted by molar-refractivity contribution is 5.71. The quantitative estimate of drug-likeness (QED) is 0.105. The van der Waals surface area contributed by atoms with Gasteiger partial charge in [-0.15, -0.1) is 0 Å². The van der Waals surface area contributed by atoms with E-state index in [9.17, 15) is 24.0 Å². The normalized spacial score (nSPS) is 24.8. The summed E-state index contributed by atoms with van der Waals surface area (Å²) in [4.78, 5) is 63.6. The summed E-state index contributed by atoms with van der Waals surface area (Å²) in [6, 6.07) is 0. The van der Waals surface area contributed by atoms with Gasteiger partial charge in [0.05, 0.1) is 19.7 Å². The number of hydrogen-bond donors (Lipinski definition) is 0. The minimum Gasteiger partial charge on any atom is -0.469 e. The molecule has 1 heterocycles. The van der Waals surface area contributed by atoms with Crippen LogP contribution in [0.15, 0.2) is 17.3 Å². The van der Waals surface area contributed by atoms with Crippen molar-refractivity contribution in [1.82, 2.24) is 0 Å². The van der Waals surface area contributed by atoms with E-state index < -0.39 is 73.3 Å². The molecule has 0 N–H and O–H groups in total. The highest BCUT2D eigenvalue weighted by Crippen LogP contribution is 2.30. The maximum absolute atomic E-state index is 11.9. The van der Waals surface area contributed by atoms with E-state index in [1.54, 1.807) is 12.2 Å². The average Bonchev–Trinajstić information content (AvgIpc) is 2.82. The average molecular weight is 546 g/mol. The van der Waals surface area contributed by atoms with Gasteiger partial charge in [-0.25, -0.2) is 0 Å². The SMILES string of the molecule is COC(=O)C/C=C/[C@@H](C)[C@@H](/C=N/O[C@@H]1O[C@H](COC(C)=O)[C@@H](OC(C)=O)[C@H](OC(C)=O)[C@H]1OC(C)=O)OC. The molecule has 7 atom stereocenters. The number of hydrogen-bond acceptors (Lipinski definition) is 14. The van der Waals surface area contributed by atoms with E-state index in [4.69, 9.17) is 33.3 Å². The third kappa shape index (κ3) is 11.3. The summed E-state index contributed by atoms with van der Waals surface area (Å²) in [5, 5.41) is 3.89. The number of carbonyl (C=O) groups excluding carboxylic acids is 5. The van der Waals surface area contributed by atoms with Crippen molar-refractivity contribution < 1.29 is 62.0 Å². The van der Waals surface area contributed by atoms with Gasteiger partial charge in [0, 0.05) is 40.7 Å². The third-order valence-electron chi connectivity index (χ3n) is 5.06. The van der Waals surface area contributed by atoms with Crippen molar-refractivity contribution >= 4 is 36.1 Å². The molecule has 0 radical (unpaired) electrons. The molecule has 0 aromatic carbocycles. The van der Waals surface area contributed by atoms with Crippen LogP contribution in [-0.2, 0) is 62.0 Å². The van der Waals surface area contributed by atoms with Crippen molar-refractivity contribution in [2.45, 2.75) is 77.8 Å². The van der Waals surface area contributed by atoms with E-state index in [1.807, 2.05) is 6.92 Å². The number of ether oxygens (including phenoxy) is 7. The second-order valence-corrected chi connectivity index (χ2v) is 8.20. The van der Waals surface area contributed by atoms with E-state index in [0.717, 1.165) is 20.8 Å². The lowest BCUT2D eigenvalue weighted by Gasteiger charge is -2.42. The second-order valence-electron chi connectivity index (χ2n) is 8.20. The predicted molar refractivity (Wildman–Crippen MR) is 127 cm³/mol. The largest absolute Gasteiger partial charge is 0.469 e. The van der Waals surface area contributed by atoms with Crippen molar-refractivity contribution in [1.29, 1.82) is 0 Å². The topological polar surface area (TPSA) is 172 Å². The molecule has 0 bridgehead atoms. The first-order chi connectivity index (χ1) is 17.9. The van der Waals surface area contributed by atoms with Gasteiger partial charge in [0.15, 0.2) is 12.2 Å². The summed E-state index contributed by atoms with van der Waals surface area (Å²) in [5.74, 6) is -3.58. The van der Waals surface area contributed by atoms with Crippen molar-refractivity contribution in [3.05, 3.63) is 12.2 Å². The fourth-order valence-corrected chi connectivity index (χ4v) is 3.41. The van der Waals surface area contributed by atoms with Gasteiger partial charge in [-0.05, 0) is 0 Å². The first-order valence-electron chi connectivity index (χ1n) is 11.7. The smallest absolute Gasteiger partial charge is 0.309 e. The van der Waals surface area contributed by atoms with Crippen LogP contribution in [0, 0.1) is 5.92 Å². The number of methoxy groups -OCH3 is 2. The molecular formula is C24H35NO13. The molecule has 0 amide bonds. The standard InChI is InChI=1S/C24H35NO13/c1-13(9-8-10-20(30)32-7)18(31-6)11-25-38-24-23(36-17(5)29)22(35-16(4)28)21(34-15(3)27)19(37-24)12-33-14(2)26/h8-9,11,13,18-19,21-24H,10,12H2,1-7H3/b9-8+,25-11+/t13-,18-,19-,21-,22+,23-,24+/m1/s1. The lowest BCUT2D eigenvalue weighted by molar-refractivity contribution is -0.308. The molecule has 38 heavy (non-hydrogen) atoms. The summed E-state index contributed by atoms with van der Waals surface area (Å²) < 4.78 is 36.7. The third-order valence-corrected chi connectivity index (χ3v) is 5.06. The number of nitrogens with zero attached hydrogens (tertiary/aromatic N) is 1.